The molecular formula is C20H26O3. The SMILES string of the molecule is CC(C)C1=CC2=C(C(=O)C1=O)C13CCCC(C)(C)C1CC2OC3. The van der Waals surface area contributed by atoms with E-state index in [2.05, 4.69) is 13.8 Å². The minimum Gasteiger partial charge on any atom is -0.373 e. The van der Waals surface area contributed by atoms with E-state index in [0.717, 1.165) is 30.4 Å². The predicted octanol–water partition coefficient (Wildman–Crippen LogP) is 3.63. The van der Waals surface area contributed by atoms with Crippen LogP contribution < -0.4 is 0 Å². The lowest BCUT2D eigenvalue weighted by Gasteiger charge is -2.61. The summed E-state index contributed by atoms with van der Waals surface area (Å²) in [4.78, 5) is 25.7. The third kappa shape index (κ3) is 1.86. The number of carbonyl (C=O) groups is 2. The van der Waals surface area contributed by atoms with Crippen LogP contribution in [-0.2, 0) is 14.3 Å². The second-order valence-electron chi connectivity index (χ2n) is 8.83. The van der Waals surface area contributed by atoms with E-state index in [1.807, 2.05) is 19.9 Å². The summed E-state index contributed by atoms with van der Waals surface area (Å²) in [5.74, 6) is 0.0220. The summed E-state index contributed by atoms with van der Waals surface area (Å²) in [7, 11) is 0. The van der Waals surface area contributed by atoms with Crippen molar-refractivity contribution in [3.8, 4) is 0 Å². The molecule has 0 radical (unpaired) electrons. The monoisotopic (exact) mass is 314 g/mol. The minimum atomic E-state index is -0.275. The van der Waals surface area contributed by atoms with Crippen LogP contribution in [-0.4, -0.2) is 24.3 Å². The molecule has 0 aromatic rings. The van der Waals surface area contributed by atoms with Crippen LogP contribution in [0.15, 0.2) is 22.8 Å². The molecule has 0 amide bonds. The summed E-state index contributed by atoms with van der Waals surface area (Å²) >= 11 is 0. The largest absolute Gasteiger partial charge is 0.373 e. The molecule has 23 heavy (non-hydrogen) atoms. The van der Waals surface area contributed by atoms with Gasteiger partial charge < -0.3 is 4.74 Å². The van der Waals surface area contributed by atoms with Crippen molar-refractivity contribution in [2.45, 2.75) is 59.5 Å². The number of Topliss-reactive ketones (excluding diaryl/α,β-unsaturated/α-hetero) is 2. The Morgan fingerprint density at radius 2 is 1.91 bits per heavy atom. The molecule has 1 saturated carbocycles. The summed E-state index contributed by atoms with van der Waals surface area (Å²) in [5.41, 5.74) is 2.50. The van der Waals surface area contributed by atoms with Gasteiger partial charge in [0.05, 0.1) is 12.7 Å². The first kappa shape index (κ1) is 15.3. The molecule has 3 atom stereocenters. The van der Waals surface area contributed by atoms with Crippen molar-refractivity contribution in [1.29, 1.82) is 0 Å². The number of rotatable bonds is 1. The maximum Gasteiger partial charge on any atom is 0.230 e. The fourth-order valence-corrected chi connectivity index (χ4v) is 5.67. The summed E-state index contributed by atoms with van der Waals surface area (Å²) in [6.45, 7) is 9.23. The molecule has 1 spiro atoms. The number of ketones is 2. The van der Waals surface area contributed by atoms with Crippen molar-refractivity contribution in [1.82, 2.24) is 0 Å². The standard InChI is InChI=1S/C20H26O3/c1-11(2)12-8-13-14-9-15-19(3,4)6-5-7-20(15,10-23-14)16(13)18(22)17(12)21/h8,11,14-15H,5-7,9-10H2,1-4H3. The highest BCUT2D eigenvalue weighted by atomic mass is 16.5. The Bertz CT molecular complexity index is 664. The third-order valence-electron chi connectivity index (χ3n) is 6.81. The number of ether oxygens (including phenoxy) is 1. The molecular weight excluding hydrogens is 288 g/mol. The Balaban J connectivity index is 1.92. The Hall–Kier alpha value is -1.22. The third-order valence-corrected chi connectivity index (χ3v) is 6.81. The van der Waals surface area contributed by atoms with E-state index in [4.69, 9.17) is 4.74 Å². The van der Waals surface area contributed by atoms with Gasteiger partial charge in [-0.05, 0) is 48.2 Å². The molecule has 0 aromatic carbocycles. The minimum absolute atomic E-state index is 0.0000463. The van der Waals surface area contributed by atoms with Gasteiger partial charge in [0.1, 0.15) is 0 Å². The van der Waals surface area contributed by atoms with Gasteiger partial charge in [0, 0.05) is 16.6 Å². The fourth-order valence-electron chi connectivity index (χ4n) is 5.67. The van der Waals surface area contributed by atoms with Gasteiger partial charge in [0.25, 0.3) is 0 Å². The highest BCUT2D eigenvalue weighted by molar-refractivity contribution is 6.50. The van der Waals surface area contributed by atoms with Crippen molar-refractivity contribution >= 4 is 11.6 Å². The van der Waals surface area contributed by atoms with Crippen molar-refractivity contribution in [2.24, 2.45) is 22.7 Å². The average molecular weight is 314 g/mol. The normalized spacial score (nSPS) is 38.6. The molecule has 0 aromatic heterocycles. The summed E-state index contributed by atoms with van der Waals surface area (Å²) in [6.07, 6.45) is 6.28. The molecule has 2 aliphatic heterocycles. The molecule has 3 heteroatoms. The zero-order valence-corrected chi connectivity index (χ0v) is 14.6. The molecule has 1 saturated heterocycles. The lowest BCUT2D eigenvalue weighted by atomic mass is 9.47. The first-order valence-electron chi connectivity index (χ1n) is 8.95. The van der Waals surface area contributed by atoms with Gasteiger partial charge in [-0.25, -0.2) is 0 Å². The Labute approximate surface area is 138 Å². The quantitative estimate of drug-likeness (QED) is 0.548. The van der Waals surface area contributed by atoms with Crippen LogP contribution in [0.1, 0.15) is 53.4 Å². The van der Waals surface area contributed by atoms with Crippen LogP contribution in [0.3, 0.4) is 0 Å². The van der Waals surface area contributed by atoms with Crippen LogP contribution >= 0.6 is 0 Å². The number of carbonyl (C=O) groups excluding carboxylic acids is 2. The zero-order chi connectivity index (χ0) is 16.6. The molecule has 5 rings (SSSR count). The van der Waals surface area contributed by atoms with Crippen LogP contribution in [0.4, 0.5) is 0 Å². The Morgan fingerprint density at radius 3 is 2.61 bits per heavy atom. The van der Waals surface area contributed by atoms with E-state index in [1.54, 1.807) is 0 Å². The molecule has 2 heterocycles. The maximum atomic E-state index is 13.0. The second kappa shape index (κ2) is 4.66. The fraction of sp³-hybridized carbons (Fsp3) is 0.700. The Kier molecular flexibility index (Phi) is 3.10. The molecule has 0 N–H and O–H groups in total. The molecule has 5 aliphatic rings. The topological polar surface area (TPSA) is 43.4 Å². The van der Waals surface area contributed by atoms with Crippen LogP contribution in [0.25, 0.3) is 0 Å². The highest BCUT2D eigenvalue weighted by Gasteiger charge is 2.61. The average Bonchev–Trinajstić information content (AvgIpc) is 2.49. The zero-order valence-electron chi connectivity index (χ0n) is 14.6. The first-order chi connectivity index (χ1) is 10.8. The van der Waals surface area contributed by atoms with Crippen LogP contribution in [0.2, 0.25) is 0 Å². The predicted molar refractivity (Wildman–Crippen MR) is 87.9 cm³/mol. The summed E-state index contributed by atoms with van der Waals surface area (Å²) in [5, 5.41) is 0. The van der Waals surface area contributed by atoms with Crippen LogP contribution in [0, 0.1) is 22.7 Å². The number of hydrogen-bond acceptors (Lipinski definition) is 3. The first-order valence-corrected chi connectivity index (χ1v) is 8.95. The summed E-state index contributed by atoms with van der Waals surface area (Å²) < 4.78 is 6.15. The maximum absolute atomic E-state index is 13.0. The molecule has 2 bridgehead atoms. The Morgan fingerprint density at radius 1 is 1.17 bits per heavy atom. The molecule has 2 fully saturated rings. The summed E-state index contributed by atoms with van der Waals surface area (Å²) in [6, 6.07) is 0. The molecule has 3 aliphatic carbocycles. The lowest BCUT2D eigenvalue weighted by molar-refractivity contribution is -0.153. The van der Waals surface area contributed by atoms with E-state index in [0.29, 0.717) is 18.1 Å². The van der Waals surface area contributed by atoms with Gasteiger partial charge in [-0.3, -0.25) is 9.59 Å². The van der Waals surface area contributed by atoms with Crippen LogP contribution in [0.5, 0.6) is 0 Å². The van der Waals surface area contributed by atoms with Gasteiger partial charge in [0.15, 0.2) is 0 Å². The second-order valence-corrected chi connectivity index (χ2v) is 8.83. The van der Waals surface area contributed by atoms with E-state index in [1.165, 1.54) is 6.42 Å². The lowest BCUT2D eigenvalue weighted by Crippen LogP contribution is -2.59. The molecule has 3 nitrogen and oxygen atoms in total. The number of fused-ring (bicyclic) bond motifs is 1. The van der Waals surface area contributed by atoms with E-state index >= 15 is 0 Å². The number of hydrogen-bond donors (Lipinski definition) is 0. The molecule has 3 unspecified atom stereocenters. The van der Waals surface area contributed by atoms with E-state index < -0.39 is 0 Å². The molecule has 124 valence electrons. The van der Waals surface area contributed by atoms with Gasteiger partial charge in [-0.2, -0.15) is 0 Å². The van der Waals surface area contributed by atoms with Crippen molar-refractivity contribution in [3.05, 3.63) is 22.8 Å². The number of allylic oxidation sites excluding steroid dienone is 1. The van der Waals surface area contributed by atoms with Gasteiger partial charge in [-0.1, -0.05) is 34.1 Å². The van der Waals surface area contributed by atoms with E-state index in [-0.39, 0.29) is 34.4 Å². The van der Waals surface area contributed by atoms with Gasteiger partial charge in [0.2, 0.25) is 11.6 Å². The van der Waals surface area contributed by atoms with E-state index in [9.17, 15) is 9.59 Å². The van der Waals surface area contributed by atoms with Crippen molar-refractivity contribution in [2.75, 3.05) is 6.61 Å². The van der Waals surface area contributed by atoms with Gasteiger partial charge >= 0.3 is 0 Å². The van der Waals surface area contributed by atoms with Gasteiger partial charge in [-0.15, -0.1) is 0 Å². The van der Waals surface area contributed by atoms with Crippen molar-refractivity contribution < 1.29 is 14.3 Å². The van der Waals surface area contributed by atoms with Crippen molar-refractivity contribution in [3.63, 3.8) is 0 Å². The smallest absolute Gasteiger partial charge is 0.230 e. The highest BCUT2D eigenvalue weighted by Crippen LogP contribution is 2.63.